The monoisotopic (exact) mass is 568 g/mol. The van der Waals surface area contributed by atoms with Crippen molar-refractivity contribution in [3.63, 3.8) is 0 Å². The molecule has 0 aliphatic heterocycles. The van der Waals surface area contributed by atoms with Gasteiger partial charge in [-0.05, 0) is 48.0 Å². The van der Waals surface area contributed by atoms with Crippen LogP contribution in [0.15, 0.2) is 67.4 Å². The molecule has 2 aromatic carbocycles. The molecule has 1 heterocycles. The minimum absolute atomic E-state index is 0.0463. The molecule has 0 aliphatic rings. The van der Waals surface area contributed by atoms with E-state index in [-0.39, 0.29) is 15.7 Å². The summed E-state index contributed by atoms with van der Waals surface area (Å²) in [6.45, 7) is 3.85. The Labute approximate surface area is 202 Å². The standard InChI is InChI=1S/C23H20F3IN4O2/c1-14(28-2)21-12-19(9-10-29-21)33-18-7-5-16(6-8-18)30-22(32)31-17-4-3-15(13-27)20(11-17)23(24,25)26/h3-12,28H,1,13H2,2H3,(H2,30,31,32). The molecule has 0 fully saturated rings. The predicted molar refractivity (Wildman–Crippen MR) is 131 cm³/mol. The largest absolute Gasteiger partial charge is 0.457 e. The quantitative estimate of drug-likeness (QED) is 0.220. The molecule has 0 aliphatic carbocycles. The van der Waals surface area contributed by atoms with E-state index in [1.165, 1.54) is 12.1 Å². The Balaban J connectivity index is 1.63. The highest BCUT2D eigenvalue weighted by atomic mass is 127. The number of nitrogens with one attached hydrogen (secondary N) is 3. The van der Waals surface area contributed by atoms with Crippen LogP contribution in [0.25, 0.3) is 5.70 Å². The molecule has 3 aromatic rings. The number of carbonyl (C=O) groups is 1. The Morgan fingerprint density at radius 2 is 1.70 bits per heavy atom. The molecular weight excluding hydrogens is 548 g/mol. The van der Waals surface area contributed by atoms with Crippen molar-refractivity contribution in [2.75, 3.05) is 17.7 Å². The molecule has 10 heteroatoms. The third kappa shape index (κ3) is 6.60. The molecule has 33 heavy (non-hydrogen) atoms. The van der Waals surface area contributed by atoms with Crippen LogP contribution in [0.1, 0.15) is 16.8 Å². The third-order valence-corrected chi connectivity index (χ3v) is 5.33. The fourth-order valence-corrected chi connectivity index (χ4v) is 3.50. The maximum absolute atomic E-state index is 13.2. The normalized spacial score (nSPS) is 10.9. The summed E-state index contributed by atoms with van der Waals surface area (Å²) in [6, 6.07) is 13.0. The number of nitrogens with zero attached hydrogens (tertiary/aromatic N) is 1. The number of halogens is 4. The van der Waals surface area contributed by atoms with Crippen LogP contribution in [0.4, 0.5) is 29.3 Å². The zero-order valence-electron chi connectivity index (χ0n) is 17.5. The summed E-state index contributed by atoms with van der Waals surface area (Å²) in [7, 11) is 1.74. The molecule has 3 N–H and O–H groups in total. The topological polar surface area (TPSA) is 75.3 Å². The minimum atomic E-state index is -4.50. The van der Waals surface area contributed by atoms with E-state index in [0.29, 0.717) is 28.6 Å². The van der Waals surface area contributed by atoms with Crippen LogP contribution < -0.4 is 20.7 Å². The molecule has 1 aromatic heterocycles. The van der Waals surface area contributed by atoms with E-state index in [0.717, 1.165) is 6.07 Å². The van der Waals surface area contributed by atoms with Gasteiger partial charge in [-0.2, -0.15) is 13.2 Å². The Morgan fingerprint density at radius 3 is 2.33 bits per heavy atom. The summed E-state index contributed by atoms with van der Waals surface area (Å²) in [5, 5.41) is 7.92. The van der Waals surface area contributed by atoms with Crippen molar-refractivity contribution >= 4 is 45.7 Å². The Bertz CT molecular complexity index is 1150. The van der Waals surface area contributed by atoms with Gasteiger partial charge in [-0.15, -0.1) is 0 Å². The van der Waals surface area contributed by atoms with Gasteiger partial charge in [-0.3, -0.25) is 4.98 Å². The number of carbonyl (C=O) groups excluding carboxylic acids is 1. The maximum atomic E-state index is 13.2. The number of pyridine rings is 1. The van der Waals surface area contributed by atoms with Crippen molar-refractivity contribution in [1.82, 2.24) is 10.3 Å². The second kappa shape index (κ2) is 10.6. The Hall–Kier alpha value is -3.28. The number of hydrogen-bond acceptors (Lipinski definition) is 4. The molecule has 172 valence electrons. The predicted octanol–water partition coefficient (Wildman–Crippen LogP) is 6.66. The number of urea groups is 1. The first-order valence-corrected chi connectivity index (χ1v) is 11.2. The molecule has 0 radical (unpaired) electrons. The molecule has 6 nitrogen and oxygen atoms in total. The van der Waals surface area contributed by atoms with Crippen molar-refractivity contribution in [1.29, 1.82) is 0 Å². The number of ether oxygens (including phenoxy) is 1. The van der Waals surface area contributed by atoms with Gasteiger partial charge in [0, 0.05) is 35.1 Å². The van der Waals surface area contributed by atoms with Crippen molar-refractivity contribution in [3.05, 3.63) is 84.2 Å². The van der Waals surface area contributed by atoms with Gasteiger partial charge >= 0.3 is 12.2 Å². The number of rotatable bonds is 7. The van der Waals surface area contributed by atoms with Crippen molar-refractivity contribution in [2.45, 2.75) is 10.6 Å². The molecule has 0 bridgehead atoms. The minimum Gasteiger partial charge on any atom is -0.457 e. The lowest BCUT2D eigenvalue weighted by atomic mass is 10.1. The molecule has 2 amide bonds. The lowest BCUT2D eigenvalue weighted by Gasteiger charge is -2.14. The molecule has 0 atom stereocenters. The summed E-state index contributed by atoms with van der Waals surface area (Å²) < 4.78 is 45.7. The van der Waals surface area contributed by atoms with Crippen molar-refractivity contribution < 1.29 is 22.7 Å². The Morgan fingerprint density at radius 1 is 1.03 bits per heavy atom. The molecule has 0 saturated carbocycles. The van der Waals surface area contributed by atoms with Gasteiger partial charge in [0.2, 0.25) is 0 Å². The van der Waals surface area contributed by atoms with E-state index < -0.39 is 17.8 Å². The number of anilines is 2. The molecule has 3 rings (SSSR count). The molecule has 0 unspecified atom stereocenters. The zero-order chi connectivity index (χ0) is 24.0. The maximum Gasteiger partial charge on any atom is 0.416 e. The lowest BCUT2D eigenvalue weighted by molar-refractivity contribution is -0.138. The Kier molecular flexibility index (Phi) is 7.79. The van der Waals surface area contributed by atoms with E-state index in [1.807, 2.05) is 22.6 Å². The number of amides is 2. The summed E-state index contributed by atoms with van der Waals surface area (Å²) in [4.78, 5) is 16.4. The first kappa shape index (κ1) is 24.4. The van der Waals surface area contributed by atoms with Gasteiger partial charge in [0.05, 0.1) is 17.0 Å². The second-order valence-corrected chi connectivity index (χ2v) is 7.58. The van der Waals surface area contributed by atoms with E-state index in [2.05, 4.69) is 27.5 Å². The van der Waals surface area contributed by atoms with Crippen LogP contribution in [-0.2, 0) is 10.6 Å². The fraction of sp³-hybridized carbons (Fsp3) is 0.130. The number of alkyl halides is 4. The summed E-state index contributed by atoms with van der Waals surface area (Å²) >= 11 is 1.87. The number of hydrogen-bond donors (Lipinski definition) is 3. The molecule has 0 saturated heterocycles. The average Bonchev–Trinajstić information content (AvgIpc) is 2.79. The van der Waals surface area contributed by atoms with Gasteiger partial charge in [0.25, 0.3) is 0 Å². The fourth-order valence-electron chi connectivity index (χ4n) is 2.84. The summed E-state index contributed by atoms with van der Waals surface area (Å²) in [6.07, 6.45) is -2.90. The van der Waals surface area contributed by atoms with Crippen LogP contribution in [0.2, 0.25) is 0 Å². The lowest BCUT2D eigenvalue weighted by Crippen LogP contribution is -2.20. The molecular formula is C23H20F3IN4O2. The van der Waals surface area contributed by atoms with Crippen LogP contribution >= 0.6 is 22.6 Å². The third-order valence-electron chi connectivity index (χ3n) is 4.51. The van der Waals surface area contributed by atoms with Crippen LogP contribution in [0.3, 0.4) is 0 Å². The van der Waals surface area contributed by atoms with Gasteiger partial charge in [-0.1, -0.05) is 35.2 Å². The second-order valence-electron chi connectivity index (χ2n) is 6.81. The van der Waals surface area contributed by atoms with Gasteiger partial charge in [0.15, 0.2) is 0 Å². The van der Waals surface area contributed by atoms with Crippen LogP contribution in [-0.4, -0.2) is 18.1 Å². The SMILES string of the molecule is C=C(NC)c1cc(Oc2ccc(NC(=O)Nc3ccc(CI)c(C(F)(F)F)c3)cc2)ccn1. The smallest absolute Gasteiger partial charge is 0.416 e. The van der Waals surface area contributed by atoms with Gasteiger partial charge in [-0.25, -0.2) is 4.79 Å². The highest BCUT2D eigenvalue weighted by Gasteiger charge is 2.33. The first-order valence-electron chi connectivity index (χ1n) is 9.64. The van der Waals surface area contributed by atoms with Crippen LogP contribution in [0, 0.1) is 0 Å². The van der Waals surface area contributed by atoms with Crippen LogP contribution in [0.5, 0.6) is 11.5 Å². The highest BCUT2D eigenvalue weighted by Crippen LogP contribution is 2.35. The highest BCUT2D eigenvalue weighted by molar-refractivity contribution is 14.1. The van der Waals surface area contributed by atoms with Crippen molar-refractivity contribution in [3.8, 4) is 11.5 Å². The summed E-state index contributed by atoms with van der Waals surface area (Å²) in [5.74, 6) is 1.09. The number of benzene rings is 2. The van der Waals surface area contributed by atoms with Crippen molar-refractivity contribution in [2.24, 2.45) is 0 Å². The van der Waals surface area contributed by atoms with Gasteiger partial charge in [0.1, 0.15) is 11.5 Å². The van der Waals surface area contributed by atoms with E-state index in [9.17, 15) is 18.0 Å². The van der Waals surface area contributed by atoms with Gasteiger partial charge < -0.3 is 20.7 Å². The van der Waals surface area contributed by atoms with E-state index in [1.54, 1.807) is 49.6 Å². The van der Waals surface area contributed by atoms with E-state index in [4.69, 9.17) is 4.74 Å². The average molecular weight is 568 g/mol. The molecule has 0 spiro atoms. The number of aromatic nitrogens is 1. The summed E-state index contributed by atoms with van der Waals surface area (Å²) in [5.41, 5.74) is 1.17. The first-order chi connectivity index (χ1) is 15.7. The zero-order valence-corrected chi connectivity index (χ0v) is 19.6. The van der Waals surface area contributed by atoms with E-state index >= 15 is 0 Å².